The topological polar surface area (TPSA) is 159 Å². The molecular formula is C21H18N6O5. The van der Waals surface area contributed by atoms with Gasteiger partial charge in [0.15, 0.2) is 0 Å². The SMILES string of the molecule is Cc1ccc([N+](=O)[O-])cc1NC(=O)C1CC(=O)Nc2nc(Nc3ccccc3)[nH]c(=O)c21. The van der Waals surface area contributed by atoms with Gasteiger partial charge in [-0.05, 0) is 24.6 Å². The number of aromatic nitrogens is 2. The third-order valence-electron chi connectivity index (χ3n) is 4.99. The van der Waals surface area contributed by atoms with Crippen LogP contribution in [0.5, 0.6) is 0 Å². The normalized spacial score (nSPS) is 14.8. The molecule has 4 N–H and O–H groups in total. The van der Waals surface area contributed by atoms with Crippen LogP contribution in [-0.2, 0) is 9.59 Å². The highest BCUT2D eigenvalue weighted by atomic mass is 16.6. The van der Waals surface area contributed by atoms with E-state index in [-0.39, 0.29) is 35.1 Å². The molecule has 11 heteroatoms. The van der Waals surface area contributed by atoms with Gasteiger partial charge < -0.3 is 16.0 Å². The lowest BCUT2D eigenvalue weighted by Gasteiger charge is -2.24. The predicted molar refractivity (Wildman–Crippen MR) is 117 cm³/mol. The molecular weight excluding hydrogens is 416 g/mol. The van der Waals surface area contributed by atoms with Crippen molar-refractivity contribution in [2.24, 2.45) is 0 Å². The molecule has 3 aromatic rings. The molecule has 0 bridgehead atoms. The lowest BCUT2D eigenvalue weighted by atomic mass is 9.92. The molecule has 1 aliphatic heterocycles. The summed E-state index contributed by atoms with van der Waals surface area (Å²) in [6.07, 6.45) is -0.261. The highest BCUT2D eigenvalue weighted by Crippen LogP contribution is 2.31. The minimum atomic E-state index is -1.11. The van der Waals surface area contributed by atoms with Crippen molar-refractivity contribution in [3.8, 4) is 0 Å². The quantitative estimate of drug-likeness (QED) is 0.355. The largest absolute Gasteiger partial charge is 0.326 e. The first-order valence-corrected chi connectivity index (χ1v) is 9.64. The fourth-order valence-electron chi connectivity index (χ4n) is 3.39. The Morgan fingerprint density at radius 2 is 1.94 bits per heavy atom. The summed E-state index contributed by atoms with van der Waals surface area (Å²) in [6, 6.07) is 13.0. The summed E-state index contributed by atoms with van der Waals surface area (Å²) in [5.74, 6) is -2.13. The summed E-state index contributed by atoms with van der Waals surface area (Å²) in [4.78, 5) is 55.3. The number of anilines is 4. The Bertz CT molecular complexity index is 1290. The van der Waals surface area contributed by atoms with E-state index in [4.69, 9.17) is 0 Å². The number of H-pyrrole nitrogens is 1. The number of para-hydroxylation sites is 1. The molecule has 162 valence electrons. The third-order valence-corrected chi connectivity index (χ3v) is 4.99. The Morgan fingerprint density at radius 3 is 2.66 bits per heavy atom. The summed E-state index contributed by atoms with van der Waals surface area (Å²) >= 11 is 0. The fourth-order valence-corrected chi connectivity index (χ4v) is 3.39. The Kier molecular flexibility index (Phi) is 5.37. The van der Waals surface area contributed by atoms with Crippen molar-refractivity contribution in [2.75, 3.05) is 16.0 Å². The van der Waals surface area contributed by atoms with Crippen LogP contribution in [0.3, 0.4) is 0 Å². The van der Waals surface area contributed by atoms with Crippen LogP contribution < -0.4 is 21.5 Å². The van der Waals surface area contributed by atoms with Crippen molar-refractivity contribution in [3.05, 3.63) is 80.1 Å². The number of nitrogens with one attached hydrogen (secondary N) is 4. The van der Waals surface area contributed by atoms with Gasteiger partial charge in [-0.2, -0.15) is 4.98 Å². The van der Waals surface area contributed by atoms with E-state index in [1.807, 2.05) is 6.07 Å². The standard InChI is InChI=1S/C21H18N6O5/c1-11-7-8-13(27(31)32)9-15(11)23-19(29)14-10-16(28)24-18-17(14)20(30)26-21(25-18)22-12-5-3-2-4-6-12/h2-9,14H,10H2,1H3,(H,23,29)(H3,22,24,25,26,28,30). The van der Waals surface area contributed by atoms with E-state index in [0.29, 0.717) is 11.3 Å². The van der Waals surface area contributed by atoms with Crippen LogP contribution in [0.25, 0.3) is 0 Å². The van der Waals surface area contributed by atoms with E-state index in [1.54, 1.807) is 31.2 Å². The second kappa shape index (κ2) is 8.30. The van der Waals surface area contributed by atoms with Gasteiger partial charge in [0.1, 0.15) is 5.82 Å². The molecule has 0 radical (unpaired) electrons. The smallest absolute Gasteiger partial charge is 0.271 e. The zero-order chi connectivity index (χ0) is 22.8. The molecule has 32 heavy (non-hydrogen) atoms. The minimum Gasteiger partial charge on any atom is -0.326 e. The van der Waals surface area contributed by atoms with Gasteiger partial charge in [-0.15, -0.1) is 0 Å². The van der Waals surface area contributed by atoms with Crippen LogP contribution >= 0.6 is 0 Å². The summed E-state index contributed by atoms with van der Waals surface area (Å²) in [6.45, 7) is 1.68. The summed E-state index contributed by atoms with van der Waals surface area (Å²) in [5.41, 5.74) is 0.743. The Hall–Kier alpha value is -4.54. The average molecular weight is 434 g/mol. The molecule has 11 nitrogen and oxygen atoms in total. The van der Waals surface area contributed by atoms with E-state index in [9.17, 15) is 24.5 Å². The highest BCUT2D eigenvalue weighted by Gasteiger charge is 2.35. The van der Waals surface area contributed by atoms with E-state index in [0.717, 1.165) is 0 Å². The number of hydrogen-bond acceptors (Lipinski definition) is 7. The molecule has 2 heterocycles. The van der Waals surface area contributed by atoms with Gasteiger partial charge in [-0.1, -0.05) is 24.3 Å². The van der Waals surface area contributed by atoms with E-state index < -0.39 is 28.2 Å². The van der Waals surface area contributed by atoms with E-state index in [1.165, 1.54) is 18.2 Å². The summed E-state index contributed by atoms with van der Waals surface area (Å²) in [5, 5.41) is 19.1. The van der Waals surface area contributed by atoms with E-state index >= 15 is 0 Å². The molecule has 1 aromatic heterocycles. The predicted octanol–water partition coefficient (Wildman–Crippen LogP) is 2.79. The van der Waals surface area contributed by atoms with Crippen LogP contribution in [0, 0.1) is 17.0 Å². The number of aryl methyl sites for hydroxylation is 1. The molecule has 0 saturated heterocycles. The Balaban J connectivity index is 1.65. The number of nitro groups is 1. The number of rotatable bonds is 5. The van der Waals surface area contributed by atoms with Gasteiger partial charge in [0, 0.05) is 24.2 Å². The van der Waals surface area contributed by atoms with Gasteiger partial charge in [-0.3, -0.25) is 29.5 Å². The van der Waals surface area contributed by atoms with Gasteiger partial charge >= 0.3 is 0 Å². The first-order chi connectivity index (χ1) is 15.3. The van der Waals surface area contributed by atoms with Crippen molar-refractivity contribution >= 4 is 40.6 Å². The number of non-ortho nitro benzene ring substituents is 1. The van der Waals surface area contributed by atoms with Crippen molar-refractivity contribution in [3.63, 3.8) is 0 Å². The molecule has 2 aromatic carbocycles. The zero-order valence-electron chi connectivity index (χ0n) is 16.8. The molecule has 4 rings (SSSR count). The van der Waals surface area contributed by atoms with Crippen LogP contribution in [0.4, 0.5) is 28.8 Å². The maximum absolute atomic E-state index is 13.0. The number of hydrogen-bond donors (Lipinski definition) is 4. The molecule has 0 saturated carbocycles. The second-order valence-corrected chi connectivity index (χ2v) is 7.22. The number of fused-ring (bicyclic) bond motifs is 1. The fraction of sp³-hybridized carbons (Fsp3) is 0.143. The van der Waals surface area contributed by atoms with Crippen LogP contribution in [0.15, 0.2) is 53.3 Å². The number of carbonyl (C=O) groups is 2. The Morgan fingerprint density at radius 1 is 1.19 bits per heavy atom. The number of amides is 2. The third kappa shape index (κ3) is 4.17. The number of benzene rings is 2. The van der Waals surface area contributed by atoms with Crippen molar-refractivity contribution in [1.29, 1.82) is 0 Å². The molecule has 0 aliphatic carbocycles. The van der Waals surface area contributed by atoms with Crippen molar-refractivity contribution in [1.82, 2.24) is 9.97 Å². The number of nitrogens with zero attached hydrogens (tertiary/aromatic N) is 2. The average Bonchev–Trinajstić information content (AvgIpc) is 2.75. The Labute approximate surface area is 181 Å². The molecule has 1 unspecified atom stereocenters. The molecule has 0 fully saturated rings. The van der Waals surface area contributed by atoms with Gasteiger partial charge in [0.25, 0.3) is 11.2 Å². The first kappa shape index (κ1) is 20.7. The van der Waals surface area contributed by atoms with Crippen molar-refractivity contribution < 1.29 is 14.5 Å². The minimum absolute atomic E-state index is 0.0145. The maximum atomic E-state index is 13.0. The number of carbonyl (C=O) groups excluding carboxylic acids is 2. The molecule has 1 aliphatic rings. The highest BCUT2D eigenvalue weighted by molar-refractivity contribution is 6.04. The summed E-state index contributed by atoms with van der Waals surface area (Å²) in [7, 11) is 0. The zero-order valence-corrected chi connectivity index (χ0v) is 16.8. The number of nitro benzene ring substituents is 1. The first-order valence-electron chi connectivity index (χ1n) is 9.64. The molecule has 2 amide bonds. The lowest BCUT2D eigenvalue weighted by Crippen LogP contribution is -2.36. The van der Waals surface area contributed by atoms with Crippen LogP contribution in [0.1, 0.15) is 23.5 Å². The second-order valence-electron chi connectivity index (χ2n) is 7.22. The van der Waals surface area contributed by atoms with E-state index in [2.05, 4.69) is 25.9 Å². The monoisotopic (exact) mass is 434 g/mol. The summed E-state index contributed by atoms with van der Waals surface area (Å²) < 4.78 is 0. The van der Waals surface area contributed by atoms with Crippen molar-refractivity contribution in [2.45, 2.75) is 19.3 Å². The van der Waals surface area contributed by atoms with Gasteiger partial charge in [0.2, 0.25) is 17.8 Å². The molecule has 1 atom stereocenters. The number of aromatic amines is 1. The lowest BCUT2D eigenvalue weighted by molar-refractivity contribution is -0.384. The maximum Gasteiger partial charge on any atom is 0.271 e. The van der Waals surface area contributed by atoms with Gasteiger partial charge in [-0.25, -0.2) is 0 Å². The molecule has 0 spiro atoms. The van der Waals surface area contributed by atoms with Crippen LogP contribution in [-0.4, -0.2) is 26.7 Å². The van der Waals surface area contributed by atoms with Gasteiger partial charge in [0.05, 0.1) is 22.1 Å². The van der Waals surface area contributed by atoms with Crippen LogP contribution in [0.2, 0.25) is 0 Å².